The number of nitriles is 1. The van der Waals surface area contributed by atoms with Crippen LogP contribution in [0.2, 0.25) is 0 Å². The second-order valence-electron chi connectivity index (χ2n) is 7.16. The van der Waals surface area contributed by atoms with E-state index in [9.17, 15) is 18.8 Å². The highest BCUT2D eigenvalue weighted by Gasteiger charge is 2.31. The summed E-state index contributed by atoms with van der Waals surface area (Å²) in [6.07, 6.45) is 2.41. The number of fused-ring (bicyclic) bond motifs is 1. The summed E-state index contributed by atoms with van der Waals surface area (Å²) in [4.78, 5) is 24.3. The van der Waals surface area contributed by atoms with Crippen molar-refractivity contribution in [1.29, 1.82) is 5.26 Å². The molecule has 0 unspecified atom stereocenters. The molecule has 0 atom stereocenters. The van der Waals surface area contributed by atoms with Crippen LogP contribution in [0.3, 0.4) is 0 Å². The van der Waals surface area contributed by atoms with E-state index in [1.807, 2.05) is 23.9 Å². The number of imidazole rings is 1. The Morgan fingerprint density at radius 3 is 2.70 bits per heavy atom. The normalized spacial score (nSPS) is 16.1. The summed E-state index contributed by atoms with van der Waals surface area (Å²) in [5.74, 6) is 0. The van der Waals surface area contributed by atoms with Crippen LogP contribution >= 0.6 is 0 Å². The molecule has 3 heterocycles. The molecule has 1 saturated heterocycles. The minimum absolute atomic E-state index is 0.345. The zero-order chi connectivity index (χ0) is 21.3. The Morgan fingerprint density at radius 2 is 2.07 bits per heavy atom. The van der Waals surface area contributed by atoms with Crippen molar-refractivity contribution in [2.45, 2.75) is 12.8 Å². The first kappa shape index (κ1) is 19.8. The number of aryl methyl sites for hydroxylation is 1. The van der Waals surface area contributed by atoms with Crippen LogP contribution in [0.5, 0.6) is 0 Å². The number of aromatic nitrogens is 3. The highest BCUT2D eigenvalue weighted by molar-refractivity contribution is 6.04. The van der Waals surface area contributed by atoms with Crippen molar-refractivity contribution in [3.05, 3.63) is 41.7 Å². The third kappa shape index (κ3) is 3.70. The molecule has 2 aromatic rings. The molecule has 1 aliphatic heterocycles. The second kappa shape index (κ2) is 8.10. The molecule has 156 valence electrons. The molecule has 0 N–H and O–H groups in total. The summed E-state index contributed by atoms with van der Waals surface area (Å²) in [6.45, 7) is 0.787. The molecule has 2 aromatic heterocycles. The highest BCUT2D eigenvalue weighted by atomic mass is 19.3. The maximum Gasteiger partial charge on any atom is 0.410 e. The molecular weight excluding hydrogens is 394 g/mol. The van der Waals surface area contributed by atoms with Gasteiger partial charge in [-0.3, -0.25) is 4.98 Å². The standard InChI is InChI=1S/C20H20F2N6O2/c1-26-10-16(25-12-26)13-8-15-19(14(13)9-23)17(2-3-24-15)27-4-6-28(7-5-27)20(29)30-11-18(21)22/h2-3,10,12,18H,4-8,11H2,1H3. The number of amides is 1. The fraction of sp³-hybridized carbons (Fsp3) is 0.400. The molecule has 1 fully saturated rings. The lowest BCUT2D eigenvalue weighted by molar-refractivity contribution is 0.0311. The molecule has 2 aliphatic rings. The number of carbonyl (C=O) groups excluding carboxylic acids is 1. The second-order valence-corrected chi connectivity index (χ2v) is 7.16. The smallest absolute Gasteiger partial charge is 0.410 e. The average molecular weight is 414 g/mol. The number of allylic oxidation sites excluding steroid dienone is 2. The number of hydrogen-bond acceptors (Lipinski definition) is 6. The van der Waals surface area contributed by atoms with Crippen LogP contribution in [0.4, 0.5) is 19.3 Å². The van der Waals surface area contributed by atoms with Gasteiger partial charge in [-0.15, -0.1) is 0 Å². The van der Waals surface area contributed by atoms with E-state index in [0.717, 1.165) is 28.2 Å². The van der Waals surface area contributed by atoms with Gasteiger partial charge < -0.3 is 19.1 Å². The molecule has 0 radical (unpaired) electrons. The number of piperazine rings is 1. The third-order valence-corrected chi connectivity index (χ3v) is 5.24. The van der Waals surface area contributed by atoms with Crippen LogP contribution in [-0.2, 0) is 18.2 Å². The van der Waals surface area contributed by atoms with Gasteiger partial charge >= 0.3 is 6.09 Å². The van der Waals surface area contributed by atoms with E-state index in [-0.39, 0.29) is 0 Å². The Hall–Kier alpha value is -3.48. The van der Waals surface area contributed by atoms with Crippen molar-refractivity contribution >= 4 is 22.9 Å². The number of alkyl halides is 2. The predicted molar refractivity (Wildman–Crippen MR) is 105 cm³/mol. The number of pyridine rings is 1. The fourth-order valence-corrected chi connectivity index (χ4v) is 3.84. The van der Waals surface area contributed by atoms with Gasteiger partial charge in [-0.2, -0.15) is 5.26 Å². The minimum atomic E-state index is -2.68. The molecule has 1 amide bonds. The number of ether oxygens (including phenoxy) is 1. The molecule has 1 aliphatic carbocycles. The van der Waals surface area contributed by atoms with Crippen molar-refractivity contribution in [3.63, 3.8) is 0 Å². The zero-order valence-corrected chi connectivity index (χ0v) is 16.4. The van der Waals surface area contributed by atoms with Gasteiger partial charge in [0.1, 0.15) is 6.07 Å². The molecule has 10 heteroatoms. The summed E-state index contributed by atoms with van der Waals surface area (Å²) in [5.41, 5.74) is 4.67. The van der Waals surface area contributed by atoms with Crippen molar-refractivity contribution in [2.24, 2.45) is 7.05 Å². The van der Waals surface area contributed by atoms with Crippen molar-refractivity contribution in [1.82, 2.24) is 19.4 Å². The van der Waals surface area contributed by atoms with E-state index < -0.39 is 19.1 Å². The van der Waals surface area contributed by atoms with E-state index in [1.165, 1.54) is 4.90 Å². The Labute approximate surface area is 172 Å². The largest absolute Gasteiger partial charge is 0.443 e. The number of halogens is 2. The van der Waals surface area contributed by atoms with Crippen LogP contribution in [-0.4, -0.2) is 64.7 Å². The summed E-state index contributed by atoms with van der Waals surface area (Å²) in [6, 6.07) is 4.18. The fourth-order valence-electron chi connectivity index (χ4n) is 3.84. The topological polar surface area (TPSA) is 87.3 Å². The number of nitrogens with zero attached hydrogens (tertiary/aromatic N) is 6. The lowest BCUT2D eigenvalue weighted by Crippen LogP contribution is -2.49. The van der Waals surface area contributed by atoms with Crippen molar-refractivity contribution in [3.8, 4) is 6.07 Å². The Kier molecular flexibility index (Phi) is 5.35. The van der Waals surface area contributed by atoms with Gasteiger partial charge in [0, 0.05) is 68.9 Å². The van der Waals surface area contributed by atoms with E-state index >= 15 is 0 Å². The van der Waals surface area contributed by atoms with Gasteiger partial charge in [0.25, 0.3) is 6.43 Å². The Balaban J connectivity index is 1.55. The van der Waals surface area contributed by atoms with Crippen LogP contribution in [0, 0.1) is 11.3 Å². The minimum Gasteiger partial charge on any atom is -0.443 e. The molecule has 8 nitrogen and oxygen atoms in total. The van der Waals surface area contributed by atoms with Crippen LogP contribution in [0.25, 0.3) is 11.1 Å². The maximum atomic E-state index is 12.3. The number of anilines is 1. The Bertz CT molecular complexity index is 1030. The lowest BCUT2D eigenvalue weighted by Gasteiger charge is -2.36. The summed E-state index contributed by atoms with van der Waals surface area (Å²) in [5, 5.41) is 9.87. The summed E-state index contributed by atoms with van der Waals surface area (Å²) in [7, 11) is 1.88. The first-order valence-electron chi connectivity index (χ1n) is 9.52. The molecule has 0 spiro atoms. The first-order chi connectivity index (χ1) is 14.5. The van der Waals surface area contributed by atoms with Gasteiger partial charge in [0.05, 0.1) is 23.3 Å². The van der Waals surface area contributed by atoms with Gasteiger partial charge in [0.2, 0.25) is 0 Å². The highest BCUT2D eigenvalue weighted by Crippen LogP contribution is 2.41. The van der Waals surface area contributed by atoms with Crippen molar-refractivity contribution in [2.75, 3.05) is 37.7 Å². The van der Waals surface area contributed by atoms with Crippen LogP contribution in [0.1, 0.15) is 17.0 Å². The van der Waals surface area contributed by atoms with Gasteiger partial charge in [-0.25, -0.2) is 18.6 Å². The molecule has 0 saturated carbocycles. The van der Waals surface area contributed by atoms with E-state index in [0.29, 0.717) is 38.2 Å². The molecule has 4 rings (SSSR count). The number of hydrogen-bond donors (Lipinski definition) is 0. The SMILES string of the molecule is Cn1cnc(C2=C(C#N)c3c(N4CCN(C(=O)OCC(F)F)CC4)ccnc3C2)c1. The average Bonchev–Trinajstić information content (AvgIpc) is 3.34. The Morgan fingerprint density at radius 1 is 1.30 bits per heavy atom. The van der Waals surface area contributed by atoms with E-state index in [2.05, 4.69) is 25.7 Å². The molecule has 0 aromatic carbocycles. The van der Waals surface area contributed by atoms with Crippen LogP contribution in [0.15, 0.2) is 24.8 Å². The summed E-state index contributed by atoms with van der Waals surface area (Å²) < 4.78 is 30.9. The maximum absolute atomic E-state index is 12.3. The van der Waals surface area contributed by atoms with Crippen molar-refractivity contribution < 1.29 is 18.3 Å². The molecular formula is C20H20F2N6O2. The molecule has 30 heavy (non-hydrogen) atoms. The lowest BCUT2D eigenvalue weighted by atomic mass is 10.0. The van der Waals surface area contributed by atoms with Gasteiger partial charge in [0.15, 0.2) is 6.61 Å². The van der Waals surface area contributed by atoms with E-state index in [1.54, 1.807) is 12.5 Å². The monoisotopic (exact) mass is 414 g/mol. The quantitative estimate of drug-likeness (QED) is 0.763. The first-order valence-corrected chi connectivity index (χ1v) is 9.52. The summed E-state index contributed by atoms with van der Waals surface area (Å²) >= 11 is 0. The number of rotatable bonds is 4. The molecule has 0 bridgehead atoms. The van der Waals surface area contributed by atoms with Gasteiger partial charge in [-0.1, -0.05) is 0 Å². The predicted octanol–water partition coefficient (Wildman–Crippen LogP) is 2.33. The van der Waals surface area contributed by atoms with Crippen LogP contribution < -0.4 is 4.90 Å². The third-order valence-electron chi connectivity index (χ3n) is 5.24. The zero-order valence-electron chi connectivity index (χ0n) is 16.4. The van der Waals surface area contributed by atoms with E-state index in [4.69, 9.17) is 0 Å². The number of carbonyl (C=O) groups is 1. The van der Waals surface area contributed by atoms with Gasteiger partial charge in [-0.05, 0) is 6.07 Å².